The van der Waals surface area contributed by atoms with Crippen LogP contribution in [0, 0.1) is 5.82 Å². The molecule has 0 fully saturated rings. The minimum Gasteiger partial charge on any atom is -0.441 e. The number of nitrogens with one attached hydrogen (secondary N) is 1. The molecule has 5 heteroatoms. The summed E-state index contributed by atoms with van der Waals surface area (Å²) in [5, 5.41) is 2.99. The summed E-state index contributed by atoms with van der Waals surface area (Å²) in [5.41, 5.74) is 2.71. The Labute approximate surface area is 164 Å². The van der Waals surface area contributed by atoms with Gasteiger partial charge in [-0.3, -0.25) is 4.79 Å². The predicted octanol–water partition coefficient (Wildman–Crippen LogP) is 5.41. The number of aryl methyl sites for hydroxylation is 1. The lowest BCUT2D eigenvalue weighted by Crippen LogP contribution is -2.26. The topological polar surface area (TPSA) is 55.1 Å². The number of carbonyl (C=O) groups excluding carboxylic acids is 1. The Balaban J connectivity index is 1.54. The van der Waals surface area contributed by atoms with Gasteiger partial charge in [-0.1, -0.05) is 50.2 Å². The first-order valence-corrected chi connectivity index (χ1v) is 9.53. The Kier molecular flexibility index (Phi) is 6.24. The number of aromatic nitrogens is 1. The second kappa shape index (κ2) is 8.83. The molecular weight excluding hydrogens is 355 g/mol. The van der Waals surface area contributed by atoms with Crippen molar-refractivity contribution in [1.82, 2.24) is 10.3 Å². The quantitative estimate of drug-likeness (QED) is 0.596. The number of halogens is 1. The Morgan fingerprint density at radius 3 is 2.43 bits per heavy atom. The molecule has 0 aliphatic rings. The first-order chi connectivity index (χ1) is 13.4. The summed E-state index contributed by atoms with van der Waals surface area (Å²) in [6.45, 7) is 6.27. The van der Waals surface area contributed by atoms with Crippen LogP contribution in [0.3, 0.4) is 0 Å². The molecule has 0 aliphatic heterocycles. The Morgan fingerprint density at radius 1 is 1.07 bits per heavy atom. The van der Waals surface area contributed by atoms with Crippen molar-refractivity contribution in [3.05, 3.63) is 77.6 Å². The predicted molar refractivity (Wildman–Crippen MR) is 107 cm³/mol. The van der Waals surface area contributed by atoms with Crippen molar-refractivity contribution in [2.24, 2.45) is 0 Å². The summed E-state index contributed by atoms with van der Waals surface area (Å²) in [7, 11) is 0. The van der Waals surface area contributed by atoms with Crippen LogP contribution in [0.1, 0.15) is 56.2 Å². The standard InChI is InChI=1S/C23H25FN2O2/c1-15(2)17-8-10-18(11-9-17)16(3)26-22(27)12-13-23-25-14-21(28-23)19-6-4-5-7-20(19)24/h4-11,14-16H,12-13H2,1-3H3,(H,26,27)/t16-/m0/s1. The zero-order valence-electron chi connectivity index (χ0n) is 16.4. The lowest BCUT2D eigenvalue weighted by Gasteiger charge is -2.15. The van der Waals surface area contributed by atoms with Crippen LogP contribution in [0.15, 0.2) is 59.1 Å². The summed E-state index contributed by atoms with van der Waals surface area (Å²) in [6, 6.07) is 14.6. The van der Waals surface area contributed by atoms with E-state index in [-0.39, 0.29) is 24.2 Å². The van der Waals surface area contributed by atoms with Gasteiger partial charge in [0.05, 0.1) is 17.8 Å². The van der Waals surface area contributed by atoms with E-state index in [0.29, 0.717) is 29.6 Å². The van der Waals surface area contributed by atoms with Gasteiger partial charge in [-0.2, -0.15) is 0 Å². The van der Waals surface area contributed by atoms with Crippen LogP contribution in [0.25, 0.3) is 11.3 Å². The molecule has 2 aromatic carbocycles. The van der Waals surface area contributed by atoms with E-state index in [1.807, 2.05) is 6.92 Å². The zero-order chi connectivity index (χ0) is 20.1. The van der Waals surface area contributed by atoms with E-state index < -0.39 is 0 Å². The summed E-state index contributed by atoms with van der Waals surface area (Å²) >= 11 is 0. The molecule has 1 atom stereocenters. The molecule has 3 rings (SSSR count). The van der Waals surface area contributed by atoms with Crippen LogP contribution in [-0.2, 0) is 11.2 Å². The van der Waals surface area contributed by atoms with Crippen molar-refractivity contribution >= 4 is 5.91 Å². The molecule has 1 N–H and O–H groups in total. The summed E-state index contributed by atoms with van der Waals surface area (Å²) in [4.78, 5) is 16.4. The van der Waals surface area contributed by atoms with E-state index in [4.69, 9.17) is 4.42 Å². The van der Waals surface area contributed by atoms with Gasteiger partial charge in [0.1, 0.15) is 5.82 Å². The fourth-order valence-electron chi connectivity index (χ4n) is 3.00. The maximum absolute atomic E-state index is 13.8. The number of amides is 1. The number of carbonyl (C=O) groups is 1. The van der Waals surface area contributed by atoms with E-state index in [9.17, 15) is 9.18 Å². The van der Waals surface area contributed by atoms with E-state index >= 15 is 0 Å². The van der Waals surface area contributed by atoms with Crippen LogP contribution in [-0.4, -0.2) is 10.9 Å². The van der Waals surface area contributed by atoms with Crippen LogP contribution >= 0.6 is 0 Å². The van der Waals surface area contributed by atoms with E-state index in [0.717, 1.165) is 5.56 Å². The Bertz CT molecular complexity index is 932. The molecule has 0 saturated carbocycles. The lowest BCUT2D eigenvalue weighted by atomic mass is 9.99. The average Bonchev–Trinajstić information content (AvgIpc) is 3.15. The molecule has 1 heterocycles. The molecule has 1 aromatic heterocycles. The maximum Gasteiger partial charge on any atom is 0.220 e. The van der Waals surface area contributed by atoms with Crippen molar-refractivity contribution < 1.29 is 13.6 Å². The number of benzene rings is 2. The van der Waals surface area contributed by atoms with Crippen molar-refractivity contribution in [3.8, 4) is 11.3 Å². The summed E-state index contributed by atoms with van der Waals surface area (Å²) in [5.74, 6) is 0.829. The monoisotopic (exact) mass is 380 g/mol. The molecule has 0 saturated heterocycles. The second-order valence-electron chi connectivity index (χ2n) is 7.21. The summed E-state index contributed by atoms with van der Waals surface area (Å²) < 4.78 is 19.4. The highest BCUT2D eigenvalue weighted by molar-refractivity contribution is 5.76. The third-order valence-corrected chi connectivity index (χ3v) is 4.74. The molecule has 0 unspecified atom stereocenters. The van der Waals surface area contributed by atoms with Gasteiger partial charge in [-0.15, -0.1) is 0 Å². The van der Waals surface area contributed by atoms with Gasteiger partial charge in [0, 0.05) is 12.8 Å². The van der Waals surface area contributed by atoms with Gasteiger partial charge in [-0.25, -0.2) is 9.37 Å². The largest absolute Gasteiger partial charge is 0.441 e. The Hall–Kier alpha value is -2.95. The third kappa shape index (κ3) is 4.85. The van der Waals surface area contributed by atoms with Crippen LogP contribution in [0.2, 0.25) is 0 Å². The van der Waals surface area contributed by atoms with Crippen LogP contribution < -0.4 is 5.32 Å². The van der Waals surface area contributed by atoms with E-state index in [1.165, 1.54) is 17.8 Å². The molecule has 0 spiro atoms. The van der Waals surface area contributed by atoms with E-state index in [1.54, 1.807) is 18.2 Å². The van der Waals surface area contributed by atoms with Crippen LogP contribution in [0.4, 0.5) is 4.39 Å². The molecular formula is C23H25FN2O2. The fourth-order valence-corrected chi connectivity index (χ4v) is 3.00. The van der Waals surface area contributed by atoms with E-state index in [2.05, 4.69) is 48.4 Å². The normalized spacial score (nSPS) is 12.2. The molecule has 28 heavy (non-hydrogen) atoms. The van der Waals surface area contributed by atoms with Gasteiger partial charge in [0.25, 0.3) is 0 Å². The SMILES string of the molecule is CC(C)c1ccc([C@H](C)NC(=O)CCc2ncc(-c3ccccc3F)o2)cc1. The Morgan fingerprint density at radius 2 is 1.75 bits per heavy atom. The molecule has 0 aliphatic carbocycles. The molecule has 0 radical (unpaired) electrons. The van der Waals surface area contributed by atoms with Gasteiger partial charge in [-0.05, 0) is 36.1 Å². The lowest BCUT2D eigenvalue weighted by molar-refractivity contribution is -0.121. The van der Waals surface area contributed by atoms with Crippen molar-refractivity contribution in [2.75, 3.05) is 0 Å². The summed E-state index contributed by atoms with van der Waals surface area (Å²) in [6.07, 6.45) is 2.11. The van der Waals surface area contributed by atoms with Gasteiger partial charge < -0.3 is 9.73 Å². The maximum atomic E-state index is 13.8. The third-order valence-electron chi connectivity index (χ3n) is 4.74. The molecule has 0 bridgehead atoms. The van der Waals surface area contributed by atoms with Gasteiger partial charge in [0.2, 0.25) is 5.91 Å². The fraction of sp³-hybridized carbons (Fsp3) is 0.304. The molecule has 4 nitrogen and oxygen atoms in total. The molecule has 146 valence electrons. The number of rotatable bonds is 7. The van der Waals surface area contributed by atoms with Crippen molar-refractivity contribution in [1.29, 1.82) is 0 Å². The number of hydrogen-bond donors (Lipinski definition) is 1. The second-order valence-corrected chi connectivity index (χ2v) is 7.21. The number of nitrogens with zero attached hydrogens (tertiary/aromatic N) is 1. The van der Waals surface area contributed by atoms with Crippen molar-refractivity contribution in [3.63, 3.8) is 0 Å². The van der Waals surface area contributed by atoms with Gasteiger partial charge in [0.15, 0.2) is 11.7 Å². The highest BCUT2D eigenvalue weighted by Gasteiger charge is 2.14. The number of hydrogen-bond acceptors (Lipinski definition) is 3. The first kappa shape index (κ1) is 19.8. The van der Waals surface area contributed by atoms with Crippen molar-refractivity contribution in [2.45, 2.75) is 45.6 Å². The molecule has 1 amide bonds. The molecule has 3 aromatic rings. The number of oxazole rings is 1. The van der Waals surface area contributed by atoms with Gasteiger partial charge >= 0.3 is 0 Å². The first-order valence-electron chi connectivity index (χ1n) is 9.53. The zero-order valence-corrected chi connectivity index (χ0v) is 16.4. The van der Waals surface area contributed by atoms with Crippen LogP contribution in [0.5, 0.6) is 0 Å². The smallest absolute Gasteiger partial charge is 0.220 e. The minimum atomic E-state index is -0.361. The highest BCUT2D eigenvalue weighted by atomic mass is 19.1. The highest BCUT2D eigenvalue weighted by Crippen LogP contribution is 2.24. The minimum absolute atomic E-state index is 0.0766. The average molecular weight is 380 g/mol.